The maximum absolute atomic E-state index is 12.7. The Morgan fingerprint density at radius 1 is 1.14 bits per heavy atom. The van der Waals surface area contributed by atoms with Crippen LogP contribution in [-0.4, -0.2) is 38.3 Å². The number of nitrogens with zero attached hydrogens (tertiary/aromatic N) is 3. The number of imidazole rings is 1. The maximum atomic E-state index is 12.7. The molecule has 0 radical (unpaired) electrons. The Hall–Kier alpha value is -3.05. The highest BCUT2D eigenvalue weighted by atomic mass is 35.5. The van der Waals surface area contributed by atoms with Crippen molar-refractivity contribution < 1.29 is 4.79 Å². The summed E-state index contributed by atoms with van der Waals surface area (Å²) in [5, 5.41) is 1.69. The molecule has 1 aliphatic heterocycles. The molecule has 0 saturated carbocycles. The zero-order chi connectivity index (χ0) is 19.8. The summed E-state index contributed by atoms with van der Waals surface area (Å²) in [4.78, 5) is 22.3. The molecule has 146 valence electrons. The number of amides is 1. The molecule has 1 aromatic carbocycles. The van der Waals surface area contributed by atoms with Gasteiger partial charge >= 0.3 is 0 Å². The van der Waals surface area contributed by atoms with Crippen LogP contribution in [0.3, 0.4) is 0 Å². The number of carbonyl (C=O) groups is 1. The lowest BCUT2D eigenvalue weighted by Crippen LogP contribution is -2.36. The van der Waals surface area contributed by atoms with Crippen LogP contribution in [0.1, 0.15) is 30.0 Å². The van der Waals surface area contributed by atoms with Crippen molar-refractivity contribution in [1.29, 1.82) is 0 Å². The van der Waals surface area contributed by atoms with E-state index in [0.29, 0.717) is 11.1 Å². The Labute approximate surface area is 173 Å². The number of piperidine rings is 1. The Morgan fingerprint density at radius 2 is 1.93 bits per heavy atom. The number of rotatable bonds is 3. The van der Waals surface area contributed by atoms with Crippen LogP contribution in [0.15, 0.2) is 60.9 Å². The lowest BCUT2D eigenvalue weighted by Gasteiger charge is -2.31. The molecule has 0 aliphatic carbocycles. The highest BCUT2D eigenvalue weighted by Crippen LogP contribution is 2.33. The normalized spacial score (nSPS) is 15.7. The van der Waals surface area contributed by atoms with Crippen LogP contribution in [0.4, 0.5) is 0 Å². The fourth-order valence-electron chi connectivity index (χ4n) is 4.23. The Bertz CT molecular complexity index is 1210. The zero-order valence-corrected chi connectivity index (χ0v) is 16.6. The van der Waals surface area contributed by atoms with Gasteiger partial charge in [0, 0.05) is 42.5 Å². The summed E-state index contributed by atoms with van der Waals surface area (Å²) in [6.07, 6.45) is 9.32. The van der Waals surface area contributed by atoms with E-state index in [-0.39, 0.29) is 5.91 Å². The van der Waals surface area contributed by atoms with Crippen LogP contribution >= 0.6 is 11.6 Å². The SMILES string of the molecule is O=C(/C=C/c1c(Cl)nc2ccccn12)N1CCC(c2c[nH]c3ccccc23)CC1. The minimum Gasteiger partial charge on any atom is -0.361 e. The number of pyridine rings is 1. The summed E-state index contributed by atoms with van der Waals surface area (Å²) < 4.78 is 1.88. The molecule has 6 heteroatoms. The van der Waals surface area contributed by atoms with Crippen molar-refractivity contribution >= 4 is 40.1 Å². The van der Waals surface area contributed by atoms with Gasteiger partial charge in [-0.3, -0.25) is 9.20 Å². The zero-order valence-electron chi connectivity index (χ0n) is 15.9. The van der Waals surface area contributed by atoms with Gasteiger partial charge in [-0.15, -0.1) is 0 Å². The number of para-hydroxylation sites is 1. The fraction of sp³-hybridized carbons (Fsp3) is 0.217. The van der Waals surface area contributed by atoms with Gasteiger partial charge in [0.15, 0.2) is 5.15 Å². The molecule has 3 aromatic heterocycles. The number of H-pyrrole nitrogens is 1. The molecule has 0 spiro atoms. The fourth-order valence-corrected chi connectivity index (χ4v) is 4.47. The van der Waals surface area contributed by atoms with Gasteiger partial charge in [-0.25, -0.2) is 4.98 Å². The quantitative estimate of drug-likeness (QED) is 0.494. The molecule has 1 saturated heterocycles. The molecule has 4 heterocycles. The second-order valence-electron chi connectivity index (χ2n) is 7.44. The predicted octanol–water partition coefficient (Wildman–Crippen LogP) is 4.89. The standard InChI is InChI=1S/C23H21ClN4O/c24-23-20(28-12-4-3-7-21(28)26-23)8-9-22(29)27-13-10-16(11-14-27)18-15-25-19-6-2-1-5-17(18)19/h1-9,12,15-16,25H,10-11,13-14H2/b9-8+. The summed E-state index contributed by atoms with van der Waals surface area (Å²) in [6.45, 7) is 1.52. The van der Waals surface area contributed by atoms with Gasteiger partial charge in [0.1, 0.15) is 5.65 Å². The van der Waals surface area contributed by atoms with Crippen molar-refractivity contribution in [1.82, 2.24) is 19.3 Å². The predicted molar refractivity (Wildman–Crippen MR) is 116 cm³/mol. The third kappa shape index (κ3) is 3.32. The first kappa shape index (κ1) is 18.0. The molecule has 0 bridgehead atoms. The average molecular weight is 405 g/mol. The van der Waals surface area contributed by atoms with E-state index in [1.54, 1.807) is 12.2 Å². The van der Waals surface area contributed by atoms with Gasteiger partial charge in [0.25, 0.3) is 0 Å². The van der Waals surface area contributed by atoms with E-state index in [0.717, 1.165) is 37.3 Å². The summed E-state index contributed by atoms with van der Waals surface area (Å²) in [5.74, 6) is 0.497. The van der Waals surface area contributed by atoms with Crippen molar-refractivity contribution in [3.05, 3.63) is 77.3 Å². The number of nitrogens with one attached hydrogen (secondary N) is 1. The van der Waals surface area contributed by atoms with Crippen molar-refractivity contribution in [2.24, 2.45) is 0 Å². The van der Waals surface area contributed by atoms with E-state index in [1.807, 2.05) is 39.8 Å². The first-order valence-electron chi connectivity index (χ1n) is 9.86. The van der Waals surface area contributed by atoms with Crippen LogP contribution < -0.4 is 0 Å². The number of aromatic nitrogens is 3. The highest BCUT2D eigenvalue weighted by Gasteiger charge is 2.24. The monoisotopic (exact) mass is 404 g/mol. The summed E-state index contributed by atoms with van der Waals surface area (Å²) in [7, 11) is 0. The molecular weight excluding hydrogens is 384 g/mol. The third-order valence-corrected chi connectivity index (χ3v) is 6.05. The van der Waals surface area contributed by atoms with Crippen LogP contribution in [0.2, 0.25) is 5.15 Å². The van der Waals surface area contributed by atoms with Gasteiger partial charge in [-0.1, -0.05) is 35.9 Å². The third-order valence-electron chi connectivity index (χ3n) is 5.77. The number of carbonyl (C=O) groups excluding carboxylic acids is 1. The second kappa shape index (κ2) is 7.41. The van der Waals surface area contributed by atoms with Crippen molar-refractivity contribution in [2.45, 2.75) is 18.8 Å². The number of hydrogen-bond donors (Lipinski definition) is 1. The molecule has 5 nitrogen and oxygen atoms in total. The van der Waals surface area contributed by atoms with E-state index in [4.69, 9.17) is 11.6 Å². The van der Waals surface area contributed by atoms with E-state index in [2.05, 4.69) is 34.4 Å². The summed E-state index contributed by atoms with van der Waals surface area (Å²) >= 11 is 6.25. The molecule has 5 rings (SSSR count). The maximum Gasteiger partial charge on any atom is 0.246 e. The molecular formula is C23H21ClN4O. The van der Waals surface area contributed by atoms with Crippen molar-refractivity contribution in [2.75, 3.05) is 13.1 Å². The smallest absolute Gasteiger partial charge is 0.246 e. The van der Waals surface area contributed by atoms with Crippen LogP contribution in [-0.2, 0) is 4.79 Å². The van der Waals surface area contributed by atoms with Gasteiger partial charge in [-0.2, -0.15) is 0 Å². The van der Waals surface area contributed by atoms with Gasteiger partial charge in [0.2, 0.25) is 5.91 Å². The molecule has 0 atom stereocenters. The molecule has 1 amide bonds. The highest BCUT2D eigenvalue weighted by molar-refractivity contribution is 6.31. The van der Waals surface area contributed by atoms with Crippen molar-refractivity contribution in [3.63, 3.8) is 0 Å². The second-order valence-corrected chi connectivity index (χ2v) is 7.80. The molecule has 29 heavy (non-hydrogen) atoms. The van der Waals surface area contributed by atoms with E-state index < -0.39 is 0 Å². The number of likely N-dealkylation sites (tertiary alicyclic amines) is 1. The Balaban J connectivity index is 1.28. The number of fused-ring (bicyclic) bond motifs is 2. The first-order valence-corrected chi connectivity index (χ1v) is 10.2. The minimum atomic E-state index is 0.0179. The molecule has 0 unspecified atom stereocenters. The number of hydrogen-bond acceptors (Lipinski definition) is 2. The number of halogens is 1. The first-order chi connectivity index (χ1) is 14.2. The van der Waals surface area contributed by atoms with Crippen LogP contribution in [0, 0.1) is 0 Å². The van der Waals surface area contributed by atoms with Crippen LogP contribution in [0.25, 0.3) is 22.6 Å². The Morgan fingerprint density at radius 3 is 2.79 bits per heavy atom. The molecule has 1 aliphatic rings. The largest absolute Gasteiger partial charge is 0.361 e. The van der Waals surface area contributed by atoms with E-state index in [9.17, 15) is 4.79 Å². The lowest BCUT2D eigenvalue weighted by molar-refractivity contribution is -0.126. The summed E-state index contributed by atoms with van der Waals surface area (Å²) in [5.41, 5.74) is 4.03. The minimum absolute atomic E-state index is 0.0179. The number of aromatic amines is 1. The number of benzene rings is 1. The molecule has 1 fully saturated rings. The van der Waals surface area contributed by atoms with Gasteiger partial charge < -0.3 is 9.88 Å². The average Bonchev–Trinajstić information content (AvgIpc) is 3.32. The summed E-state index contributed by atoms with van der Waals surface area (Å²) in [6, 6.07) is 14.1. The molecule has 1 N–H and O–H groups in total. The van der Waals surface area contributed by atoms with Crippen LogP contribution in [0.5, 0.6) is 0 Å². The van der Waals surface area contributed by atoms with Gasteiger partial charge in [-0.05, 0) is 48.6 Å². The van der Waals surface area contributed by atoms with E-state index >= 15 is 0 Å². The van der Waals surface area contributed by atoms with E-state index in [1.165, 1.54) is 16.5 Å². The van der Waals surface area contributed by atoms with Gasteiger partial charge in [0.05, 0.1) is 5.69 Å². The van der Waals surface area contributed by atoms with Crippen molar-refractivity contribution in [3.8, 4) is 0 Å². The topological polar surface area (TPSA) is 53.4 Å². The Kier molecular flexibility index (Phi) is 4.60. The lowest BCUT2D eigenvalue weighted by atomic mass is 9.89. The molecule has 4 aromatic rings.